The van der Waals surface area contributed by atoms with E-state index in [1.807, 2.05) is 0 Å². The van der Waals surface area contributed by atoms with Crippen molar-refractivity contribution in [2.45, 2.75) is 4.90 Å². The lowest BCUT2D eigenvalue weighted by molar-refractivity contribution is 0.387. The predicted molar refractivity (Wildman–Crippen MR) is 60.4 cm³/mol. The van der Waals surface area contributed by atoms with Crippen LogP contribution in [-0.2, 0) is 9.84 Å². The fourth-order valence-electron chi connectivity index (χ4n) is 1.06. The molecular formula is C9H11BrO4S. The van der Waals surface area contributed by atoms with Crippen molar-refractivity contribution in [2.75, 3.05) is 20.5 Å². The van der Waals surface area contributed by atoms with Crippen LogP contribution >= 0.6 is 15.9 Å². The third-order valence-corrected chi connectivity index (χ3v) is 3.72. The molecule has 0 bridgehead atoms. The van der Waals surface area contributed by atoms with Gasteiger partial charge in [-0.15, -0.1) is 0 Å². The molecular weight excluding hydrogens is 284 g/mol. The first-order valence-corrected chi connectivity index (χ1v) is 6.70. The number of benzene rings is 1. The molecule has 1 rings (SSSR count). The maximum atomic E-state index is 11.4. The van der Waals surface area contributed by atoms with Crippen LogP contribution in [0, 0.1) is 0 Å². The van der Waals surface area contributed by atoms with Crippen molar-refractivity contribution in [3.63, 3.8) is 0 Å². The van der Waals surface area contributed by atoms with E-state index in [-0.39, 0.29) is 4.90 Å². The highest BCUT2D eigenvalue weighted by Gasteiger charge is 2.15. The van der Waals surface area contributed by atoms with Crippen molar-refractivity contribution < 1.29 is 17.9 Å². The van der Waals surface area contributed by atoms with E-state index in [1.54, 1.807) is 0 Å². The van der Waals surface area contributed by atoms with Gasteiger partial charge in [-0.2, -0.15) is 0 Å². The van der Waals surface area contributed by atoms with Crippen LogP contribution in [0.2, 0.25) is 0 Å². The van der Waals surface area contributed by atoms with Gasteiger partial charge in [0.1, 0.15) is 16.0 Å². The fraction of sp³-hybridized carbons (Fsp3) is 0.333. The van der Waals surface area contributed by atoms with Crippen LogP contribution in [0.3, 0.4) is 0 Å². The van der Waals surface area contributed by atoms with Gasteiger partial charge in [-0.25, -0.2) is 8.42 Å². The summed E-state index contributed by atoms with van der Waals surface area (Å²) in [6, 6.07) is 2.89. The standard InChI is InChI=1S/C9H11BrO4S/c1-13-7-4-6(15(3,11)12)5-8(14-2)9(7)10/h4-5H,1-3H3. The molecule has 1 aromatic carbocycles. The van der Waals surface area contributed by atoms with Crippen LogP contribution in [0.1, 0.15) is 0 Å². The highest BCUT2D eigenvalue weighted by Crippen LogP contribution is 2.36. The predicted octanol–water partition coefficient (Wildman–Crippen LogP) is 1.87. The van der Waals surface area contributed by atoms with Crippen LogP contribution in [0.15, 0.2) is 21.5 Å². The smallest absolute Gasteiger partial charge is 0.175 e. The van der Waals surface area contributed by atoms with Gasteiger partial charge >= 0.3 is 0 Å². The molecule has 15 heavy (non-hydrogen) atoms. The summed E-state index contributed by atoms with van der Waals surface area (Å²) in [5.41, 5.74) is 0. The third-order valence-electron chi connectivity index (χ3n) is 1.85. The first-order valence-electron chi connectivity index (χ1n) is 4.01. The summed E-state index contributed by atoms with van der Waals surface area (Å²) in [5.74, 6) is 0.851. The summed E-state index contributed by atoms with van der Waals surface area (Å²) in [5, 5.41) is 0. The highest BCUT2D eigenvalue weighted by molar-refractivity contribution is 9.10. The lowest BCUT2D eigenvalue weighted by Crippen LogP contribution is -1.99. The number of rotatable bonds is 3. The third kappa shape index (κ3) is 2.63. The van der Waals surface area contributed by atoms with Crippen molar-refractivity contribution >= 4 is 25.8 Å². The lowest BCUT2D eigenvalue weighted by atomic mass is 10.3. The number of hydrogen-bond acceptors (Lipinski definition) is 4. The second-order valence-corrected chi connectivity index (χ2v) is 5.72. The SMILES string of the molecule is COc1cc(S(C)(=O)=O)cc(OC)c1Br. The van der Waals surface area contributed by atoms with Gasteiger partial charge in [0, 0.05) is 18.4 Å². The van der Waals surface area contributed by atoms with Crippen molar-refractivity contribution in [1.82, 2.24) is 0 Å². The van der Waals surface area contributed by atoms with Crippen LogP contribution < -0.4 is 9.47 Å². The lowest BCUT2D eigenvalue weighted by Gasteiger charge is -2.10. The Bertz CT molecular complexity index is 442. The molecule has 0 amide bonds. The second kappa shape index (κ2) is 4.40. The molecule has 0 unspecified atom stereocenters. The van der Waals surface area contributed by atoms with Gasteiger partial charge in [0.05, 0.1) is 19.1 Å². The van der Waals surface area contributed by atoms with Gasteiger partial charge in [-0.3, -0.25) is 0 Å². The van der Waals surface area contributed by atoms with E-state index in [0.29, 0.717) is 16.0 Å². The minimum absolute atomic E-state index is 0.166. The molecule has 4 nitrogen and oxygen atoms in total. The molecule has 0 saturated carbocycles. The fourth-order valence-corrected chi connectivity index (χ4v) is 2.25. The monoisotopic (exact) mass is 294 g/mol. The van der Waals surface area contributed by atoms with Crippen molar-refractivity contribution in [2.24, 2.45) is 0 Å². The van der Waals surface area contributed by atoms with E-state index in [4.69, 9.17) is 9.47 Å². The van der Waals surface area contributed by atoms with Crippen molar-refractivity contribution in [1.29, 1.82) is 0 Å². The first kappa shape index (κ1) is 12.3. The maximum absolute atomic E-state index is 11.4. The number of methoxy groups -OCH3 is 2. The van der Waals surface area contributed by atoms with Gasteiger partial charge in [0.25, 0.3) is 0 Å². The Kier molecular flexibility index (Phi) is 3.62. The molecule has 1 aromatic rings. The number of sulfone groups is 1. The molecule has 0 N–H and O–H groups in total. The molecule has 6 heteroatoms. The molecule has 0 aromatic heterocycles. The summed E-state index contributed by atoms with van der Waals surface area (Å²) in [6.07, 6.45) is 1.13. The van der Waals surface area contributed by atoms with E-state index in [0.717, 1.165) is 6.26 Å². The van der Waals surface area contributed by atoms with Gasteiger partial charge in [-0.1, -0.05) is 0 Å². The quantitative estimate of drug-likeness (QED) is 0.854. The number of halogens is 1. The molecule has 84 valence electrons. The zero-order valence-corrected chi connectivity index (χ0v) is 11.0. The Labute approximate surface area is 97.2 Å². The Morgan fingerprint density at radius 1 is 1.13 bits per heavy atom. The Morgan fingerprint density at radius 2 is 1.53 bits per heavy atom. The van der Waals surface area contributed by atoms with Crippen LogP contribution in [-0.4, -0.2) is 28.9 Å². The van der Waals surface area contributed by atoms with Gasteiger partial charge in [-0.05, 0) is 15.9 Å². The summed E-state index contributed by atoms with van der Waals surface area (Å²) in [4.78, 5) is 0.166. The van der Waals surface area contributed by atoms with Crippen LogP contribution in [0.25, 0.3) is 0 Å². The Balaban J connectivity index is 3.47. The molecule has 0 radical (unpaired) electrons. The molecule has 0 aliphatic rings. The minimum atomic E-state index is -3.27. The van der Waals surface area contributed by atoms with Crippen LogP contribution in [0.5, 0.6) is 11.5 Å². The van der Waals surface area contributed by atoms with E-state index in [9.17, 15) is 8.42 Å². The minimum Gasteiger partial charge on any atom is -0.495 e. The molecule has 0 saturated heterocycles. The molecule has 0 heterocycles. The van der Waals surface area contributed by atoms with E-state index in [2.05, 4.69) is 15.9 Å². The normalized spacial score (nSPS) is 11.2. The van der Waals surface area contributed by atoms with Crippen LogP contribution in [0.4, 0.5) is 0 Å². The van der Waals surface area contributed by atoms with Crippen molar-refractivity contribution in [3.05, 3.63) is 16.6 Å². The molecule has 0 spiro atoms. The zero-order chi connectivity index (χ0) is 11.6. The molecule has 0 aliphatic carbocycles. The first-order chi connectivity index (χ1) is 6.90. The highest BCUT2D eigenvalue weighted by atomic mass is 79.9. The molecule has 0 aliphatic heterocycles. The van der Waals surface area contributed by atoms with E-state index < -0.39 is 9.84 Å². The Morgan fingerprint density at radius 3 is 1.80 bits per heavy atom. The Hall–Kier alpha value is -0.750. The summed E-state index contributed by atoms with van der Waals surface area (Å²) >= 11 is 3.26. The van der Waals surface area contributed by atoms with Gasteiger partial charge in [0.2, 0.25) is 0 Å². The number of ether oxygens (including phenoxy) is 2. The molecule has 0 fully saturated rings. The van der Waals surface area contributed by atoms with E-state index >= 15 is 0 Å². The summed E-state index contributed by atoms with van der Waals surface area (Å²) in [7, 11) is -0.338. The van der Waals surface area contributed by atoms with Gasteiger partial charge < -0.3 is 9.47 Å². The average molecular weight is 295 g/mol. The molecule has 0 atom stereocenters. The maximum Gasteiger partial charge on any atom is 0.175 e. The average Bonchev–Trinajstić information content (AvgIpc) is 2.16. The largest absolute Gasteiger partial charge is 0.495 e. The zero-order valence-electron chi connectivity index (χ0n) is 8.57. The van der Waals surface area contributed by atoms with Crippen molar-refractivity contribution in [3.8, 4) is 11.5 Å². The number of hydrogen-bond donors (Lipinski definition) is 0. The summed E-state index contributed by atoms with van der Waals surface area (Å²) in [6.45, 7) is 0. The topological polar surface area (TPSA) is 52.6 Å². The van der Waals surface area contributed by atoms with E-state index in [1.165, 1.54) is 26.4 Å². The van der Waals surface area contributed by atoms with Gasteiger partial charge in [0.15, 0.2) is 9.84 Å². The summed E-state index contributed by atoms with van der Waals surface area (Å²) < 4.78 is 33.4. The second-order valence-electron chi connectivity index (χ2n) is 2.91.